The van der Waals surface area contributed by atoms with Crippen LogP contribution >= 0.6 is 0 Å². The topological polar surface area (TPSA) is 80.0 Å². The minimum absolute atomic E-state index is 0.518. The maximum Gasteiger partial charge on any atom is 0.197 e. The van der Waals surface area contributed by atoms with Crippen molar-refractivity contribution in [2.45, 2.75) is 19.3 Å². The van der Waals surface area contributed by atoms with E-state index in [4.69, 9.17) is 11.6 Å². The summed E-state index contributed by atoms with van der Waals surface area (Å²) in [5.74, 6) is 5.41. The van der Waals surface area contributed by atoms with Crippen molar-refractivity contribution in [1.82, 2.24) is 4.90 Å². The van der Waals surface area contributed by atoms with Crippen LogP contribution in [0.5, 0.6) is 0 Å². The van der Waals surface area contributed by atoms with E-state index in [1.807, 2.05) is 4.90 Å². The van der Waals surface area contributed by atoms with Gasteiger partial charge in [0.25, 0.3) is 0 Å². The summed E-state index contributed by atoms with van der Waals surface area (Å²) in [6.07, 6.45) is 4.94. The fourth-order valence-corrected chi connectivity index (χ4v) is 1.30. The summed E-state index contributed by atoms with van der Waals surface area (Å²) in [6.45, 7) is 1.99. The zero-order valence-corrected chi connectivity index (χ0v) is 7.11. The molecule has 1 saturated heterocycles. The van der Waals surface area contributed by atoms with Crippen molar-refractivity contribution in [2.75, 3.05) is 13.1 Å². The summed E-state index contributed by atoms with van der Waals surface area (Å²) in [5, 5.41) is 3.25. The van der Waals surface area contributed by atoms with Crippen molar-refractivity contribution < 1.29 is 0 Å². The Hall–Kier alpha value is -1.26. The number of nitrogens with zero attached hydrogens (tertiary/aromatic N) is 3. The summed E-state index contributed by atoms with van der Waals surface area (Å²) in [5.41, 5.74) is 5.66. The lowest BCUT2D eigenvalue weighted by molar-refractivity contribution is 0.339. The van der Waals surface area contributed by atoms with E-state index in [2.05, 4.69) is 10.1 Å². The Morgan fingerprint density at radius 2 is 1.92 bits per heavy atom. The molecule has 1 rings (SSSR count). The van der Waals surface area contributed by atoms with Gasteiger partial charge in [0.05, 0.1) is 0 Å². The molecule has 1 aliphatic rings. The highest BCUT2D eigenvalue weighted by Gasteiger charge is 2.10. The number of guanidine groups is 1. The molecule has 1 fully saturated rings. The Morgan fingerprint density at radius 3 is 2.50 bits per heavy atom. The normalized spacial score (nSPS) is 20.3. The van der Waals surface area contributed by atoms with Crippen LogP contribution in [0.1, 0.15) is 19.3 Å². The summed E-state index contributed by atoms with van der Waals surface area (Å²) < 4.78 is 0. The van der Waals surface area contributed by atoms with E-state index in [1.54, 1.807) is 0 Å². The van der Waals surface area contributed by atoms with E-state index in [9.17, 15) is 0 Å². The Balaban J connectivity index is 2.44. The first kappa shape index (κ1) is 8.83. The molecule has 0 saturated carbocycles. The fourth-order valence-electron chi connectivity index (χ4n) is 1.30. The first-order valence-corrected chi connectivity index (χ1v) is 4.14. The van der Waals surface area contributed by atoms with Crippen LogP contribution in [0.2, 0.25) is 0 Å². The van der Waals surface area contributed by atoms with Gasteiger partial charge in [-0.3, -0.25) is 0 Å². The molecule has 0 aromatic carbocycles. The van der Waals surface area contributed by atoms with E-state index < -0.39 is 0 Å². The lowest BCUT2D eigenvalue weighted by Crippen LogP contribution is -2.40. The van der Waals surface area contributed by atoms with Gasteiger partial charge in [0.15, 0.2) is 5.96 Å². The van der Waals surface area contributed by atoms with Crippen LogP contribution < -0.4 is 11.6 Å². The quantitative estimate of drug-likeness (QED) is 0.244. The van der Waals surface area contributed by atoms with Crippen LogP contribution in [-0.2, 0) is 0 Å². The molecule has 12 heavy (non-hydrogen) atoms. The summed E-state index contributed by atoms with van der Waals surface area (Å²) in [4.78, 5) is 5.92. The molecule has 0 unspecified atom stereocenters. The highest BCUT2D eigenvalue weighted by molar-refractivity contribution is 5.85. The van der Waals surface area contributed by atoms with Gasteiger partial charge in [0, 0.05) is 13.1 Å². The molecule has 5 heteroatoms. The third-order valence-corrected chi connectivity index (χ3v) is 1.94. The van der Waals surface area contributed by atoms with Crippen LogP contribution in [-0.4, -0.2) is 30.3 Å². The second-order valence-corrected chi connectivity index (χ2v) is 2.80. The van der Waals surface area contributed by atoms with Gasteiger partial charge in [-0.1, -0.05) is 0 Å². The van der Waals surface area contributed by atoms with Gasteiger partial charge in [-0.15, -0.1) is 0 Å². The van der Waals surface area contributed by atoms with Crippen LogP contribution in [0.25, 0.3) is 0 Å². The van der Waals surface area contributed by atoms with Gasteiger partial charge in [-0.2, -0.15) is 5.10 Å². The Kier molecular flexibility index (Phi) is 3.37. The molecule has 68 valence electrons. The zero-order valence-electron chi connectivity index (χ0n) is 7.11. The summed E-state index contributed by atoms with van der Waals surface area (Å²) in [7, 11) is 0. The number of aliphatic imine (C=N–C) groups is 1. The number of piperidine rings is 1. The number of hydrazone groups is 1. The van der Waals surface area contributed by atoms with Crippen molar-refractivity contribution >= 4 is 12.3 Å². The standard InChI is InChI=1S/C7H15N5/c8-7(10-6-11-9)12-4-2-1-3-5-12/h6H,1-5,9H2,(H2,8,10,11). The molecular formula is C7H15N5. The van der Waals surface area contributed by atoms with Crippen LogP contribution in [0.3, 0.4) is 0 Å². The second-order valence-electron chi connectivity index (χ2n) is 2.80. The predicted molar refractivity (Wildman–Crippen MR) is 49.7 cm³/mol. The van der Waals surface area contributed by atoms with Gasteiger partial charge in [0.1, 0.15) is 6.34 Å². The van der Waals surface area contributed by atoms with Crippen molar-refractivity contribution in [1.29, 1.82) is 0 Å². The zero-order chi connectivity index (χ0) is 8.81. The third kappa shape index (κ3) is 2.41. The Bertz CT molecular complexity index is 180. The number of likely N-dealkylation sites (tertiary alicyclic amines) is 1. The van der Waals surface area contributed by atoms with E-state index in [1.165, 1.54) is 25.6 Å². The van der Waals surface area contributed by atoms with Crippen LogP contribution in [0.4, 0.5) is 0 Å². The van der Waals surface area contributed by atoms with Crippen LogP contribution in [0.15, 0.2) is 10.1 Å². The summed E-state index contributed by atoms with van der Waals surface area (Å²) in [6, 6.07) is 0. The van der Waals surface area contributed by atoms with Crippen molar-refractivity contribution in [2.24, 2.45) is 21.7 Å². The van der Waals surface area contributed by atoms with E-state index in [0.29, 0.717) is 5.96 Å². The molecule has 1 aliphatic heterocycles. The van der Waals surface area contributed by atoms with Gasteiger partial charge in [-0.25, -0.2) is 4.99 Å². The number of hydrogen-bond donors (Lipinski definition) is 2. The first-order chi connectivity index (χ1) is 5.84. The molecule has 0 aromatic heterocycles. The molecule has 5 nitrogen and oxygen atoms in total. The molecule has 0 aliphatic carbocycles. The first-order valence-electron chi connectivity index (χ1n) is 4.14. The average Bonchev–Trinajstić information content (AvgIpc) is 2.15. The molecule has 0 aromatic rings. The molecular weight excluding hydrogens is 154 g/mol. The molecule has 0 atom stereocenters. The monoisotopic (exact) mass is 169 g/mol. The molecule has 0 bridgehead atoms. The maximum absolute atomic E-state index is 5.66. The lowest BCUT2D eigenvalue weighted by Gasteiger charge is -2.26. The van der Waals surface area contributed by atoms with E-state index in [0.717, 1.165) is 13.1 Å². The van der Waals surface area contributed by atoms with Crippen molar-refractivity contribution in [3.8, 4) is 0 Å². The predicted octanol–water partition coefficient (Wildman–Crippen LogP) is -0.311. The van der Waals surface area contributed by atoms with Crippen molar-refractivity contribution in [3.05, 3.63) is 0 Å². The molecule has 0 radical (unpaired) electrons. The average molecular weight is 169 g/mol. The Morgan fingerprint density at radius 1 is 1.25 bits per heavy atom. The molecule has 0 spiro atoms. The summed E-state index contributed by atoms with van der Waals surface area (Å²) >= 11 is 0. The van der Waals surface area contributed by atoms with E-state index >= 15 is 0 Å². The smallest absolute Gasteiger partial charge is 0.197 e. The van der Waals surface area contributed by atoms with Crippen molar-refractivity contribution in [3.63, 3.8) is 0 Å². The molecule has 0 amide bonds. The number of nitrogens with two attached hydrogens (primary N) is 2. The largest absolute Gasteiger partial charge is 0.369 e. The fraction of sp³-hybridized carbons (Fsp3) is 0.714. The maximum atomic E-state index is 5.66. The van der Waals surface area contributed by atoms with Crippen LogP contribution in [0, 0.1) is 0 Å². The SMILES string of the molecule is N/N=C\N=C(N)N1CCCCC1. The van der Waals surface area contributed by atoms with Gasteiger partial charge in [-0.05, 0) is 19.3 Å². The third-order valence-electron chi connectivity index (χ3n) is 1.94. The minimum atomic E-state index is 0.518. The highest BCUT2D eigenvalue weighted by atomic mass is 15.3. The number of hydrogen-bond acceptors (Lipinski definition) is 2. The number of rotatable bonds is 1. The second kappa shape index (κ2) is 4.58. The molecule has 1 heterocycles. The Labute approximate surface area is 72.1 Å². The molecule has 4 N–H and O–H groups in total. The van der Waals surface area contributed by atoms with E-state index in [-0.39, 0.29) is 0 Å². The minimum Gasteiger partial charge on any atom is -0.369 e. The van der Waals surface area contributed by atoms with Gasteiger partial charge in [0.2, 0.25) is 0 Å². The van der Waals surface area contributed by atoms with Gasteiger partial charge < -0.3 is 16.5 Å². The van der Waals surface area contributed by atoms with Gasteiger partial charge >= 0.3 is 0 Å². The highest BCUT2D eigenvalue weighted by Crippen LogP contribution is 2.07. The lowest BCUT2D eigenvalue weighted by atomic mass is 10.1.